The minimum absolute atomic E-state index is 0.0710. The monoisotopic (exact) mass is 283 g/mol. The van der Waals surface area contributed by atoms with Crippen LogP contribution >= 0.6 is 0 Å². The Morgan fingerprint density at radius 3 is 2.80 bits per heavy atom. The molecule has 20 heavy (non-hydrogen) atoms. The highest BCUT2D eigenvalue weighted by Gasteiger charge is 2.27. The zero-order chi connectivity index (χ0) is 14.4. The second-order valence-electron chi connectivity index (χ2n) is 6.11. The first-order valence-corrected chi connectivity index (χ1v) is 8.13. The van der Waals surface area contributed by atoms with E-state index in [1.54, 1.807) is 0 Å². The molecule has 2 fully saturated rings. The van der Waals surface area contributed by atoms with Crippen molar-refractivity contribution in [3.8, 4) is 0 Å². The van der Waals surface area contributed by atoms with Crippen LogP contribution in [0.2, 0.25) is 0 Å². The number of carbonyl (C=O) groups excluding carboxylic acids is 1. The van der Waals surface area contributed by atoms with Crippen LogP contribution in [-0.4, -0.2) is 54.4 Å². The van der Waals surface area contributed by atoms with E-state index in [2.05, 4.69) is 22.5 Å². The van der Waals surface area contributed by atoms with Crippen molar-refractivity contribution in [1.82, 2.24) is 15.5 Å². The number of aliphatic hydroxyl groups excluding tert-OH is 1. The van der Waals surface area contributed by atoms with E-state index in [-0.39, 0.29) is 24.6 Å². The van der Waals surface area contributed by atoms with Gasteiger partial charge >= 0.3 is 6.03 Å². The second kappa shape index (κ2) is 7.84. The third-order valence-electron chi connectivity index (χ3n) is 4.86. The molecule has 2 rings (SSSR count). The maximum atomic E-state index is 12.0. The minimum atomic E-state index is -0.0710. The number of carbonyl (C=O) groups is 1. The molecule has 2 amide bonds. The van der Waals surface area contributed by atoms with Crippen LogP contribution < -0.4 is 10.6 Å². The van der Waals surface area contributed by atoms with E-state index in [9.17, 15) is 9.90 Å². The highest BCUT2D eigenvalue weighted by molar-refractivity contribution is 5.74. The van der Waals surface area contributed by atoms with Crippen LogP contribution in [0.5, 0.6) is 0 Å². The largest absolute Gasteiger partial charge is 0.396 e. The van der Waals surface area contributed by atoms with E-state index in [4.69, 9.17) is 0 Å². The van der Waals surface area contributed by atoms with Gasteiger partial charge in [-0.2, -0.15) is 0 Å². The summed E-state index contributed by atoms with van der Waals surface area (Å²) in [6.45, 7) is 5.29. The zero-order valence-electron chi connectivity index (χ0n) is 12.6. The lowest BCUT2D eigenvalue weighted by atomic mass is 9.85. The summed E-state index contributed by atoms with van der Waals surface area (Å²) in [5, 5.41) is 15.4. The van der Waals surface area contributed by atoms with Crippen molar-refractivity contribution in [2.45, 2.75) is 57.5 Å². The molecule has 3 N–H and O–H groups in total. The fraction of sp³-hybridized carbons (Fsp3) is 0.933. The third-order valence-corrected chi connectivity index (χ3v) is 4.86. The Morgan fingerprint density at radius 2 is 2.05 bits per heavy atom. The number of likely N-dealkylation sites (N-methyl/N-ethyl adjacent to an activating group) is 1. The quantitative estimate of drug-likeness (QED) is 0.713. The van der Waals surface area contributed by atoms with Crippen LogP contribution in [0.1, 0.15) is 45.4 Å². The van der Waals surface area contributed by atoms with E-state index in [0.29, 0.717) is 6.04 Å². The van der Waals surface area contributed by atoms with Crippen molar-refractivity contribution in [2.24, 2.45) is 5.92 Å². The van der Waals surface area contributed by atoms with Gasteiger partial charge in [-0.25, -0.2) is 4.79 Å². The van der Waals surface area contributed by atoms with Gasteiger partial charge in [-0.1, -0.05) is 19.8 Å². The molecule has 0 spiro atoms. The molecule has 2 aliphatic rings. The molecule has 5 heteroatoms. The number of nitrogens with zero attached hydrogens (tertiary/aromatic N) is 1. The molecule has 1 heterocycles. The standard InChI is InChI=1S/C15H29N3O2/c1-2-18-9-5-7-13(18)10-16-15(20)17-14-8-4-3-6-12(14)11-19/h12-14,19H,2-11H2,1H3,(H2,16,17,20). The molecule has 0 aromatic heterocycles. The van der Waals surface area contributed by atoms with Crippen LogP contribution in [0.15, 0.2) is 0 Å². The van der Waals surface area contributed by atoms with E-state index in [0.717, 1.165) is 38.9 Å². The molecule has 3 atom stereocenters. The molecule has 1 saturated heterocycles. The molecule has 0 aromatic rings. The Hall–Kier alpha value is -0.810. The molecular weight excluding hydrogens is 254 g/mol. The van der Waals surface area contributed by atoms with Crippen LogP contribution in [-0.2, 0) is 0 Å². The average Bonchev–Trinajstić information content (AvgIpc) is 2.93. The van der Waals surface area contributed by atoms with Gasteiger partial charge in [0.15, 0.2) is 0 Å². The first-order valence-electron chi connectivity index (χ1n) is 8.13. The van der Waals surface area contributed by atoms with Crippen LogP contribution in [0.3, 0.4) is 0 Å². The minimum Gasteiger partial charge on any atom is -0.396 e. The number of amides is 2. The zero-order valence-corrected chi connectivity index (χ0v) is 12.6. The van der Waals surface area contributed by atoms with Crippen molar-refractivity contribution >= 4 is 6.03 Å². The Kier molecular flexibility index (Phi) is 6.10. The first-order chi connectivity index (χ1) is 9.74. The first kappa shape index (κ1) is 15.6. The van der Waals surface area contributed by atoms with Crippen LogP contribution in [0.25, 0.3) is 0 Å². The van der Waals surface area contributed by atoms with E-state index >= 15 is 0 Å². The molecule has 3 unspecified atom stereocenters. The smallest absolute Gasteiger partial charge is 0.315 e. The lowest BCUT2D eigenvalue weighted by Crippen LogP contribution is -2.50. The van der Waals surface area contributed by atoms with E-state index in [1.807, 2.05) is 0 Å². The van der Waals surface area contributed by atoms with Gasteiger partial charge < -0.3 is 15.7 Å². The van der Waals surface area contributed by atoms with Gasteiger partial charge in [0.2, 0.25) is 0 Å². The number of urea groups is 1. The van der Waals surface area contributed by atoms with Gasteiger partial charge in [-0.05, 0) is 38.8 Å². The molecule has 1 aliphatic heterocycles. The molecule has 116 valence electrons. The molecule has 0 bridgehead atoms. The lowest BCUT2D eigenvalue weighted by Gasteiger charge is -2.31. The Labute approximate surface area is 122 Å². The topological polar surface area (TPSA) is 64.6 Å². The number of aliphatic hydroxyl groups is 1. The predicted molar refractivity (Wildman–Crippen MR) is 79.6 cm³/mol. The van der Waals surface area contributed by atoms with Gasteiger partial charge in [0.05, 0.1) is 0 Å². The summed E-state index contributed by atoms with van der Waals surface area (Å²) in [7, 11) is 0. The number of nitrogens with one attached hydrogen (secondary N) is 2. The number of likely N-dealkylation sites (tertiary alicyclic amines) is 1. The Balaban J connectivity index is 1.71. The summed E-state index contributed by atoms with van der Waals surface area (Å²) in [6.07, 6.45) is 6.73. The normalized spacial score (nSPS) is 31.2. The van der Waals surface area contributed by atoms with E-state index < -0.39 is 0 Å². The fourth-order valence-electron chi connectivity index (χ4n) is 3.59. The molecule has 1 aliphatic carbocycles. The maximum absolute atomic E-state index is 12.0. The third kappa shape index (κ3) is 4.09. The van der Waals surface area contributed by atoms with Crippen molar-refractivity contribution in [3.05, 3.63) is 0 Å². The summed E-state index contributed by atoms with van der Waals surface area (Å²) >= 11 is 0. The molecular formula is C15H29N3O2. The van der Waals surface area contributed by atoms with Crippen LogP contribution in [0, 0.1) is 5.92 Å². The van der Waals surface area contributed by atoms with Crippen LogP contribution in [0.4, 0.5) is 4.79 Å². The highest BCUT2D eigenvalue weighted by atomic mass is 16.3. The van der Waals surface area contributed by atoms with Crippen molar-refractivity contribution < 1.29 is 9.90 Å². The molecule has 1 saturated carbocycles. The Bertz CT molecular complexity index is 311. The lowest BCUT2D eigenvalue weighted by molar-refractivity contribution is 0.153. The summed E-state index contributed by atoms with van der Waals surface area (Å²) in [5.74, 6) is 0.230. The summed E-state index contributed by atoms with van der Waals surface area (Å²) in [5.41, 5.74) is 0. The van der Waals surface area contributed by atoms with Gasteiger partial charge in [-0.3, -0.25) is 4.90 Å². The van der Waals surface area contributed by atoms with Gasteiger partial charge in [0.25, 0.3) is 0 Å². The van der Waals surface area contributed by atoms with Gasteiger partial charge in [0.1, 0.15) is 0 Å². The Morgan fingerprint density at radius 1 is 1.25 bits per heavy atom. The highest BCUT2D eigenvalue weighted by Crippen LogP contribution is 2.23. The van der Waals surface area contributed by atoms with Gasteiger partial charge in [-0.15, -0.1) is 0 Å². The SMILES string of the molecule is CCN1CCCC1CNC(=O)NC1CCCCC1CO. The molecule has 0 aromatic carbocycles. The second-order valence-corrected chi connectivity index (χ2v) is 6.11. The van der Waals surface area contributed by atoms with Gasteiger partial charge in [0, 0.05) is 31.2 Å². The van der Waals surface area contributed by atoms with E-state index in [1.165, 1.54) is 19.3 Å². The number of hydrogen-bond acceptors (Lipinski definition) is 3. The fourth-order valence-corrected chi connectivity index (χ4v) is 3.59. The number of rotatable bonds is 5. The van der Waals surface area contributed by atoms with Crippen molar-refractivity contribution in [2.75, 3.05) is 26.2 Å². The number of hydrogen-bond donors (Lipinski definition) is 3. The summed E-state index contributed by atoms with van der Waals surface area (Å²) in [6, 6.07) is 0.559. The predicted octanol–water partition coefficient (Wildman–Crippen LogP) is 1.32. The van der Waals surface area contributed by atoms with Crippen molar-refractivity contribution in [3.63, 3.8) is 0 Å². The van der Waals surface area contributed by atoms with Crippen molar-refractivity contribution in [1.29, 1.82) is 0 Å². The molecule has 0 radical (unpaired) electrons. The molecule has 5 nitrogen and oxygen atoms in total. The average molecular weight is 283 g/mol. The summed E-state index contributed by atoms with van der Waals surface area (Å²) < 4.78 is 0. The summed E-state index contributed by atoms with van der Waals surface area (Å²) in [4.78, 5) is 14.4. The maximum Gasteiger partial charge on any atom is 0.315 e.